The Morgan fingerprint density at radius 1 is 1.10 bits per heavy atom. The molecule has 1 N–H and O–H groups in total. The highest BCUT2D eigenvalue weighted by atomic mass is 16.5. The van der Waals surface area contributed by atoms with Crippen LogP contribution in [0.5, 0.6) is 5.75 Å². The number of rotatable bonds is 4. The van der Waals surface area contributed by atoms with E-state index in [9.17, 15) is 0 Å². The van der Waals surface area contributed by atoms with Crippen molar-refractivity contribution in [1.29, 1.82) is 0 Å². The van der Waals surface area contributed by atoms with Crippen LogP contribution in [-0.2, 0) is 19.5 Å². The van der Waals surface area contributed by atoms with Crippen molar-refractivity contribution in [3.05, 3.63) is 77.1 Å². The summed E-state index contributed by atoms with van der Waals surface area (Å²) in [4.78, 5) is 7.55. The molecule has 0 radical (unpaired) electrons. The van der Waals surface area contributed by atoms with E-state index in [0.29, 0.717) is 0 Å². The summed E-state index contributed by atoms with van der Waals surface area (Å²) < 4.78 is 5.33. The molecule has 0 aliphatic carbocycles. The average molecular weight is 384 g/mol. The summed E-state index contributed by atoms with van der Waals surface area (Å²) in [5.41, 5.74) is 8.24. The molecule has 0 saturated carbocycles. The van der Waals surface area contributed by atoms with Gasteiger partial charge in [0.2, 0.25) is 0 Å². The molecule has 0 spiro atoms. The van der Waals surface area contributed by atoms with Gasteiger partial charge in [-0.15, -0.1) is 0 Å². The maximum atomic E-state index is 5.33. The van der Waals surface area contributed by atoms with Crippen molar-refractivity contribution in [2.45, 2.75) is 26.4 Å². The van der Waals surface area contributed by atoms with E-state index in [2.05, 4.69) is 58.4 Å². The molecule has 5 rings (SSSR count). The van der Waals surface area contributed by atoms with E-state index in [0.717, 1.165) is 48.6 Å². The predicted octanol–water partition coefficient (Wildman–Crippen LogP) is 4.50. The summed E-state index contributed by atoms with van der Waals surface area (Å²) in [7, 11) is 1.69. The van der Waals surface area contributed by atoms with E-state index in [1.165, 1.54) is 27.8 Å². The first-order valence-electron chi connectivity index (χ1n) is 9.98. The van der Waals surface area contributed by atoms with Gasteiger partial charge in [0.1, 0.15) is 5.75 Å². The second-order valence-corrected chi connectivity index (χ2v) is 7.76. The number of hydrogen-bond acceptors (Lipinski definition) is 4. The molecule has 2 aromatic heterocycles. The normalized spacial score (nSPS) is 14.1. The molecule has 0 bridgehead atoms. The molecule has 0 saturated heterocycles. The Labute approximate surface area is 170 Å². The number of fused-ring (bicyclic) bond motifs is 2. The molecule has 5 heteroatoms. The standard InChI is InChI=1S/C24H24N4O/c1-16-3-4-18-12-19(14-28-10-9-22-20(15-28)13-25-27-22)24(26-23(18)11-16)17-5-7-21(29-2)8-6-17/h3-8,11-13H,9-10,14-15H2,1-2H3,(H,25,27). The van der Waals surface area contributed by atoms with Gasteiger partial charge in [0.05, 0.1) is 24.5 Å². The summed E-state index contributed by atoms with van der Waals surface area (Å²) >= 11 is 0. The first kappa shape index (κ1) is 17.9. The summed E-state index contributed by atoms with van der Waals surface area (Å²) in [5, 5.41) is 8.50. The Hall–Kier alpha value is -3.18. The first-order chi connectivity index (χ1) is 14.2. The first-order valence-corrected chi connectivity index (χ1v) is 9.98. The van der Waals surface area contributed by atoms with Gasteiger partial charge in [-0.1, -0.05) is 12.1 Å². The van der Waals surface area contributed by atoms with Gasteiger partial charge < -0.3 is 4.74 Å². The SMILES string of the molecule is COc1ccc(-c2nc3cc(C)ccc3cc2CN2CCc3[nH]ncc3C2)cc1. The van der Waals surface area contributed by atoms with Gasteiger partial charge >= 0.3 is 0 Å². The molecule has 3 heterocycles. The van der Waals surface area contributed by atoms with Crippen LogP contribution in [-0.4, -0.2) is 33.7 Å². The third kappa shape index (κ3) is 3.49. The van der Waals surface area contributed by atoms with Gasteiger partial charge in [-0.05, 0) is 54.4 Å². The predicted molar refractivity (Wildman–Crippen MR) is 115 cm³/mol. The van der Waals surface area contributed by atoms with Crippen LogP contribution in [0.1, 0.15) is 22.4 Å². The number of pyridine rings is 1. The van der Waals surface area contributed by atoms with Crippen LogP contribution in [0.2, 0.25) is 0 Å². The minimum absolute atomic E-state index is 0.857. The molecule has 1 aliphatic rings. The lowest BCUT2D eigenvalue weighted by Gasteiger charge is -2.27. The molecule has 146 valence electrons. The summed E-state index contributed by atoms with van der Waals surface area (Å²) in [5.74, 6) is 0.857. The van der Waals surface area contributed by atoms with Gasteiger partial charge in [-0.3, -0.25) is 10.00 Å². The summed E-state index contributed by atoms with van der Waals surface area (Å²) in [6, 6.07) is 17.0. The Morgan fingerprint density at radius 3 is 2.79 bits per heavy atom. The maximum absolute atomic E-state index is 5.33. The highest BCUT2D eigenvalue weighted by Crippen LogP contribution is 2.30. The van der Waals surface area contributed by atoms with Crippen molar-refractivity contribution < 1.29 is 4.74 Å². The van der Waals surface area contributed by atoms with Crippen LogP contribution in [0, 0.1) is 6.92 Å². The molecule has 4 aromatic rings. The average Bonchev–Trinajstić information content (AvgIpc) is 3.21. The van der Waals surface area contributed by atoms with Crippen LogP contribution in [0.4, 0.5) is 0 Å². The molecule has 5 nitrogen and oxygen atoms in total. The topological polar surface area (TPSA) is 54.0 Å². The maximum Gasteiger partial charge on any atom is 0.118 e. The highest BCUT2D eigenvalue weighted by molar-refractivity contribution is 5.84. The lowest BCUT2D eigenvalue weighted by molar-refractivity contribution is 0.245. The highest BCUT2D eigenvalue weighted by Gasteiger charge is 2.20. The number of ether oxygens (including phenoxy) is 1. The second-order valence-electron chi connectivity index (χ2n) is 7.76. The minimum atomic E-state index is 0.857. The zero-order valence-electron chi connectivity index (χ0n) is 16.8. The van der Waals surface area contributed by atoms with Crippen molar-refractivity contribution in [1.82, 2.24) is 20.1 Å². The van der Waals surface area contributed by atoms with E-state index in [4.69, 9.17) is 9.72 Å². The van der Waals surface area contributed by atoms with Crippen LogP contribution in [0.25, 0.3) is 22.2 Å². The van der Waals surface area contributed by atoms with Crippen molar-refractivity contribution in [2.75, 3.05) is 13.7 Å². The third-order valence-electron chi connectivity index (χ3n) is 5.69. The number of hydrogen-bond donors (Lipinski definition) is 1. The van der Waals surface area contributed by atoms with Crippen molar-refractivity contribution in [3.63, 3.8) is 0 Å². The molecular weight excluding hydrogens is 360 g/mol. The molecule has 0 amide bonds. The van der Waals surface area contributed by atoms with E-state index in [1.54, 1.807) is 7.11 Å². The molecule has 0 unspecified atom stereocenters. The number of H-pyrrole nitrogens is 1. The van der Waals surface area contributed by atoms with E-state index >= 15 is 0 Å². The molecule has 2 aromatic carbocycles. The fraction of sp³-hybridized carbons (Fsp3) is 0.250. The Morgan fingerprint density at radius 2 is 1.97 bits per heavy atom. The quantitative estimate of drug-likeness (QED) is 0.563. The van der Waals surface area contributed by atoms with Gasteiger partial charge in [0.25, 0.3) is 0 Å². The smallest absolute Gasteiger partial charge is 0.118 e. The minimum Gasteiger partial charge on any atom is -0.497 e. The largest absolute Gasteiger partial charge is 0.497 e. The molecule has 0 atom stereocenters. The zero-order chi connectivity index (χ0) is 19.8. The monoisotopic (exact) mass is 384 g/mol. The number of aromatic amines is 1. The van der Waals surface area contributed by atoms with Crippen LogP contribution < -0.4 is 4.74 Å². The second kappa shape index (κ2) is 7.33. The van der Waals surface area contributed by atoms with E-state index < -0.39 is 0 Å². The van der Waals surface area contributed by atoms with Crippen molar-refractivity contribution >= 4 is 10.9 Å². The number of aromatic nitrogens is 3. The number of nitrogens with zero attached hydrogens (tertiary/aromatic N) is 3. The number of methoxy groups -OCH3 is 1. The third-order valence-corrected chi connectivity index (χ3v) is 5.69. The molecule has 0 fully saturated rings. The summed E-state index contributed by atoms with van der Waals surface area (Å²) in [6.45, 7) is 4.91. The molecule has 1 aliphatic heterocycles. The zero-order valence-corrected chi connectivity index (χ0v) is 16.8. The van der Waals surface area contributed by atoms with Crippen LogP contribution in [0.3, 0.4) is 0 Å². The van der Waals surface area contributed by atoms with Gasteiger partial charge in [-0.2, -0.15) is 5.10 Å². The van der Waals surface area contributed by atoms with Crippen LogP contribution >= 0.6 is 0 Å². The Balaban J connectivity index is 1.55. The fourth-order valence-corrected chi connectivity index (χ4v) is 4.10. The van der Waals surface area contributed by atoms with Crippen molar-refractivity contribution in [2.24, 2.45) is 0 Å². The lowest BCUT2D eigenvalue weighted by Crippen LogP contribution is -2.30. The number of benzene rings is 2. The van der Waals surface area contributed by atoms with E-state index in [1.807, 2.05) is 18.3 Å². The molecular formula is C24H24N4O. The van der Waals surface area contributed by atoms with Gasteiger partial charge in [-0.25, -0.2) is 4.98 Å². The summed E-state index contributed by atoms with van der Waals surface area (Å²) in [6.07, 6.45) is 2.96. The number of aryl methyl sites for hydroxylation is 1. The number of nitrogens with one attached hydrogen (secondary N) is 1. The Bertz CT molecular complexity index is 1160. The molecule has 29 heavy (non-hydrogen) atoms. The van der Waals surface area contributed by atoms with Crippen molar-refractivity contribution in [3.8, 4) is 17.0 Å². The fourth-order valence-electron chi connectivity index (χ4n) is 4.10. The van der Waals surface area contributed by atoms with Crippen LogP contribution in [0.15, 0.2) is 54.7 Å². The van der Waals surface area contributed by atoms with Gasteiger partial charge in [0, 0.05) is 48.3 Å². The van der Waals surface area contributed by atoms with Gasteiger partial charge in [0.15, 0.2) is 0 Å². The Kier molecular flexibility index (Phi) is 4.52. The van der Waals surface area contributed by atoms with E-state index in [-0.39, 0.29) is 0 Å². The lowest BCUT2D eigenvalue weighted by atomic mass is 10.0.